The second-order valence-corrected chi connectivity index (χ2v) is 3.90. The van der Waals surface area contributed by atoms with Gasteiger partial charge in [0.25, 0.3) is 6.43 Å². The van der Waals surface area contributed by atoms with Gasteiger partial charge in [0.2, 0.25) is 0 Å². The summed E-state index contributed by atoms with van der Waals surface area (Å²) in [5, 5.41) is 12.7. The summed E-state index contributed by atoms with van der Waals surface area (Å²) in [6.45, 7) is -0.791. The predicted octanol–water partition coefficient (Wildman–Crippen LogP) is 0.757. The van der Waals surface area contributed by atoms with Gasteiger partial charge in [-0.15, -0.1) is 0 Å². The van der Waals surface area contributed by atoms with Gasteiger partial charge in [-0.2, -0.15) is 11.8 Å². The molecule has 16 heavy (non-hydrogen) atoms. The molecule has 2 amide bonds. The number of thioether (sulfide) groups is 1. The topological polar surface area (TPSA) is 78.4 Å². The number of rotatable bonds is 7. The van der Waals surface area contributed by atoms with Crippen molar-refractivity contribution in [2.75, 3.05) is 18.6 Å². The van der Waals surface area contributed by atoms with Crippen LogP contribution in [0.4, 0.5) is 13.6 Å². The number of nitrogens with one attached hydrogen (secondary N) is 2. The van der Waals surface area contributed by atoms with Gasteiger partial charge in [-0.25, -0.2) is 18.4 Å². The fraction of sp³-hybridized carbons (Fsp3) is 0.750. The number of hydrogen-bond acceptors (Lipinski definition) is 3. The average Bonchev–Trinajstić information content (AvgIpc) is 2.20. The molecule has 0 aromatic rings. The maximum atomic E-state index is 11.7. The van der Waals surface area contributed by atoms with E-state index < -0.39 is 31.0 Å². The van der Waals surface area contributed by atoms with Gasteiger partial charge in [0.1, 0.15) is 6.04 Å². The first-order chi connectivity index (χ1) is 7.47. The highest BCUT2D eigenvalue weighted by molar-refractivity contribution is 7.98. The van der Waals surface area contributed by atoms with E-state index in [9.17, 15) is 18.4 Å². The second kappa shape index (κ2) is 8.14. The van der Waals surface area contributed by atoms with Crippen LogP contribution in [-0.2, 0) is 4.79 Å². The molecule has 0 aliphatic carbocycles. The van der Waals surface area contributed by atoms with Crippen LogP contribution < -0.4 is 10.6 Å². The smallest absolute Gasteiger partial charge is 0.326 e. The summed E-state index contributed by atoms with van der Waals surface area (Å²) in [4.78, 5) is 21.7. The number of halogens is 2. The second-order valence-electron chi connectivity index (χ2n) is 2.92. The fourth-order valence-corrected chi connectivity index (χ4v) is 1.34. The van der Waals surface area contributed by atoms with Gasteiger partial charge < -0.3 is 15.7 Å². The first kappa shape index (κ1) is 14.9. The van der Waals surface area contributed by atoms with Gasteiger partial charge in [-0.1, -0.05) is 0 Å². The van der Waals surface area contributed by atoms with Gasteiger partial charge in [-0.05, 0) is 18.4 Å². The highest BCUT2D eigenvalue weighted by Gasteiger charge is 2.19. The molecule has 0 fully saturated rings. The number of urea groups is 1. The van der Waals surface area contributed by atoms with Crippen molar-refractivity contribution < 1.29 is 23.5 Å². The standard InChI is InChI=1S/C8H14F2N2O3S/c1-16-3-2-5(7(13)14)12-8(15)11-4-6(9)10/h5-6H,2-4H2,1H3,(H,13,14)(H2,11,12,15)/t5-/m0/s1. The highest BCUT2D eigenvalue weighted by Crippen LogP contribution is 2.00. The SMILES string of the molecule is CSCC[C@H](NC(=O)NCC(F)F)C(=O)O. The van der Waals surface area contributed by atoms with Crippen molar-refractivity contribution in [1.82, 2.24) is 10.6 Å². The molecule has 0 aliphatic rings. The summed E-state index contributed by atoms with van der Waals surface area (Å²) in [5.41, 5.74) is 0. The van der Waals surface area contributed by atoms with Gasteiger partial charge in [-0.3, -0.25) is 0 Å². The van der Waals surface area contributed by atoms with Crippen LogP contribution in [0, 0.1) is 0 Å². The van der Waals surface area contributed by atoms with Gasteiger partial charge in [0.15, 0.2) is 0 Å². The zero-order valence-electron chi connectivity index (χ0n) is 8.70. The Balaban J connectivity index is 3.98. The molecule has 8 heteroatoms. The maximum Gasteiger partial charge on any atom is 0.326 e. The molecule has 0 aromatic carbocycles. The molecule has 0 radical (unpaired) electrons. The predicted molar refractivity (Wildman–Crippen MR) is 57.0 cm³/mol. The first-order valence-corrected chi connectivity index (χ1v) is 5.91. The Morgan fingerprint density at radius 2 is 2.06 bits per heavy atom. The summed E-state index contributed by atoms with van der Waals surface area (Å²) in [6, 6.07) is -1.95. The van der Waals surface area contributed by atoms with E-state index in [0.29, 0.717) is 5.75 Å². The largest absolute Gasteiger partial charge is 0.480 e. The lowest BCUT2D eigenvalue weighted by Gasteiger charge is -2.14. The van der Waals surface area contributed by atoms with Crippen molar-refractivity contribution >= 4 is 23.8 Å². The van der Waals surface area contributed by atoms with Crippen LogP contribution in [0.1, 0.15) is 6.42 Å². The zero-order valence-corrected chi connectivity index (χ0v) is 9.52. The lowest BCUT2D eigenvalue weighted by molar-refractivity contribution is -0.139. The lowest BCUT2D eigenvalue weighted by atomic mass is 10.2. The normalized spacial score (nSPS) is 12.2. The third kappa shape index (κ3) is 7.27. The average molecular weight is 256 g/mol. The summed E-state index contributed by atoms with van der Waals surface area (Å²) < 4.78 is 23.5. The molecule has 94 valence electrons. The van der Waals surface area contributed by atoms with E-state index in [4.69, 9.17) is 5.11 Å². The molecule has 0 heterocycles. The minimum Gasteiger partial charge on any atom is -0.480 e. The van der Waals surface area contributed by atoms with Crippen molar-refractivity contribution in [2.24, 2.45) is 0 Å². The molecule has 0 rings (SSSR count). The molecule has 0 unspecified atom stereocenters. The van der Waals surface area contributed by atoms with Gasteiger partial charge >= 0.3 is 12.0 Å². The van der Waals surface area contributed by atoms with Crippen LogP contribution in [0.3, 0.4) is 0 Å². The Labute approximate surface area is 96.0 Å². The minimum atomic E-state index is -2.65. The van der Waals surface area contributed by atoms with Crippen molar-refractivity contribution in [3.63, 3.8) is 0 Å². The third-order valence-electron chi connectivity index (χ3n) is 1.63. The van der Waals surface area contributed by atoms with Crippen LogP contribution in [0.2, 0.25) is 0 Å². The number of hydrogen-bond donors (Lipinski definition) is 3. The number of carbonyl (C=O) groups excluding carboxylic acids is 1. The lowest BCUT2D eigenvalue weighted by Crippen LogP contribution is -2.47. The molecule has 0 saturated carbocycles. The van der Waals surface area contributed by atoms with Crippen molar-refractivity contribution in [3.8, 4) is 0 Å². The Hall–Kier alpha value is -1.05. The summed E-state index contributed by atoms with van der Waals surface area (Å²) in [5.74, 6) is -0.618. The van der Waals surface area contributed by atoms with E-state index in [1.54, 1.807) is 6.26 Å². The summed E-state index contributed by atoms with van der Waals surface area (Å²) >= 11 is 1.44. The Morgan fingerprint density at radius 3 is 2.50 bits per heavy atom. The molecule has 0 saturated heterocycles. The van der Waals surface area contributed by atoms with E-state index >= 15 is 0 Å². The third-order valence-corrected chi connectivity index (χ3v) is 2.27. The van der Waals surface area contributed by atoms with Gasteiger partial charge in [0.05, 0.1) is 6.54 Å². The van der Waals surface area contributed by atoms with E-state index in [1.165, 1.54) is 11.8 Å². The Kier molecular flexibility index (Phi) is 7.61. The number of carbonyl (C=O) groups is 2. The van der Waals surface area contributed by atoms with E-state index in [0.717, 1.165) is 0 Å². The summed E-state index contributed by atoms with van der Waals surface area (Å²) in [6.07, 6.45) is -0.603. The van der Waals surface area contributed by atoms with Crippen molar-refractivity contribution in [3.05, 3.63) is 0 Å². The van der Waals surface area contributed by atoms with Crippen LogP contribution in [0.15, 0.2) is 0 Å². The van der Waals surface area contributed by atoms with E-state index in [2.05, 4.69) is 5.32 Å². The molecule has 5 nitrogen and oxygen atoms in total. The Bertz CT molecular complexity index is 241. The van der Waals surface area contributed by atoms with Crippen LogP contribution in [0.5, 0.6) is 0 Å². The number of aliphatic carboxylic acids is 1. The van der Waals surface area contributed by atoms with E-state index in [1.807, 2.05) is 5.32 Å². The maximum absolute atomic E-state index is 11.7. The van der Waals surface area contributed by atoms with E-state index in [-0.39, 0.29) is 6.42 Å². The highest BCUT2D eigenvalue weighted by atomic mass is 32.2. The fourth-order valence-electron chi connectivity index (χ4n) is 0.872. The van der Waals surface area contributed by atoms with Crippen molar-refractivity contribution in [2.45, 2.75) is 18.9 Å². The molecular formula is C8H14F2N2O3S. The molecular weight excluding hydrogens is 242 g/mol. The minimum absolute atomic E-state index is 0.249. The molecule has 0 aliphatic heterocycles. The van der Waals surface area contributed by atoms with Crippen molar-refractivity contribution in [1.29, 1.82) is 0 Å². The van der Waals surface area contributed by atoms with Gasteiger partial charge in [0, 0.05) is 0 Å². The van der Waals surface area contributed by atoms with Crippen LogP contribution in [0.25, 0.3) is 0 Å². The number of alkyl halides is 2. The molecule has 0 bridgehead atoms. The molecule has 0 spiro atoms. The van der Waals surface area contributed by atoms with Crippen LogP contribution in [-0.4, -0.2) is 48.1 Å². The first-order valence-electron chi connectivity index (χ1n) is 4.51. The Morgan fingerprint density at radius 1 is 1.44 bits per heavy atom. The number of amides is 2. The number of carboxylic acids is 1. The molecule has 3 N–H and O–H groups in total. The monoisotopic (exact) mass is 256 g/mol. The number of carboxylic acid groups (broad SMARTS) is 1. The molecule has 1 atom stereocenters. The zero-order chi connectivity index (χ0) is 12.6. The molecule has 0 aromatic heterocycles. The quantitative estimate of drug-likeness (QED) is 0.628. The summed E-state index contributed by atoms with van der Waals surface area (Å²) in [7, 11) is 0. The van der Waals surface area contributed by atoms with Crippen LogP contribution >= 0.6 is 11.8 Å².